The highest BCUT2D eigenvalue weighted by molar-refractivity contribution is 9.10. The number of hydrogen-bond acceptors (Lipinski definition) is 3. The molecule has 0 radical (unpaired) electrons. The Kier molecular flexibility index (Phi) is 3.74. The number of ketones is 1. The summed E-state index contributed by atoms with van der Waals surface area (Å²) >= 11 is 3.38. The van der Waals surface area contributed by atoms with Crippen LogP contribution in [0, 0.1) is 0 Å². The summed E-state index contributed by atoms with van der Waals surface area (Å²) in [4.78, 5) is 12.5. The van der Waals surface area contributed by atoms with Gasteiger partial charge < -0.3 is 9.47 Å². The zero-order chi connectivity index (χ0) is 13.9. The molecule has 0 bridgehead atoms. The van der Waals surface area contributed by atoms with Crippen LogP contribution >= 0.6 is 15.9 Å². The number of benzene rings is 2. The van der Waals surface area contributed by atoms with E-state index in [1.165, 1.54) is 0 Å². The summed E-state index contributed by atoms with van der Waals surface area (Å²) in [7, 11) is 0. The lowest BCUT2D eigenvalue weighted by atomic mass is 10.0. The van der Waals surface area contributed by atoms with E-state index in [9.17, 15) is 4.79 Å². The van der Waals surface area contributed by atoms with Crippen LogP contribution in [0.25, 0.3) is 0 Å². The first-order valence-electron chi connectivity index (χ1n) is 6.44. The van der Waals surface area contributed by atoms with E-state index in [2.05, 4.69) is 15.9 Å². The SMILES string of the molecule is O=C(c1cccc(Br)c1)c1ccc2c(c1)OCCCO2. The molecule has 1 heterocycles. The number of rotatable bonds is 2. The Hall–Kier alpha value is -1.81. The average molecular weight is 333 g/mol. The summed E-state index contributed by atoms with van der Waals surface area (Å²) in [5.41, 5.74) is 1.25. The third kappa shape index (κ3) is 2.70. The van der Waals surface area contributed by atoms with E-state index in [0.29, 0.717) is 35.8 Å². The summed E-state index contributed by atoms with van der Waals surface area (Å²) in [6.07, 6.45) is 0.851. The van der Waals surface area contributed by atoms with Gasteiger partial charge in [0.2, 0.25) is 0 Å². The first-order chi connectivity index (χ1) is 9.74. The maximum atomic E-state index is 12.5. The van der Waals surface area contributed by atoms with Crippen molar-refractivity contribution in [1.29, 1.82) is 0 Å². The van der Waals surface area contributed by atoms with E-state index >= 15 is 0 Å². The molecule has 0 saturated heterocycles. The maximum Gasteiger partial charge on any atom is 0.193 e. The second kappa shape index (κ2) is 5.67. The molecule has 0 saturated carbocycles. The molecule has 1 aliphatic heterocycles. The molecule has 20 heavy (non-hydrogen) atoms. The van der Waals surface area contributed by atoms with Gasteiger partial charge in [-0.15, -0.1) is 0 Å². The topological polar surface area (TPSA) is 35.5 Å². The molecule has 102 valence electrons. The Morgan fingerprint density at radius 2 is 1.70 bits per heavy atom. The third-order valence-electron chi connectivity index (χ3n) is 3.10. The summed E-state index contributed by atoms with van der Waals surface area (Å²) in [5.74, 6) is 1.32. The second-order valence-electron chi connectivity index (χ2n) is 4.55. The van der Waals surface area contributed by atoms with Gasteiger partial charge in [0, 0.05) is 22.0 Å². The molecule has 1 aliphatic rings. The highest BCUT2D eigenvalue weighted by Gasteiger charge is 2.15. The molecule has 0 aliphatic carbocycles. The smallest absolute Gasteiger partial charge is 0.193 e. The van der Waals surface area contributed by atoms with Crippen molar-refractivity contribution in [3.63, 3.8) is 0 Å². The zero-order valence-electron chi connectivity index (χ0n) is 10.8. The Labute approximate surface area is 125 Å². The highest BCUT2D eigenvalue weighted by Crippen LogP contribution is 2.31. The van der Waals surface area contributed by atoms with E-state index in [4.69, 9.17) is 9.47 Å². The molecular formula is C16H13BrO3. The highest BCUT2D eigenvalue weighted by atomic mass is 79.9. The van der Waals surface area contributed by atoms with Crippen LogP contribution < -0.4 is 9.47 Å². The van der Waals surface area contributed by atoms with Crippen LogP contribution in [0.2, 0.25) is 0 Å². The van der Waals surface area contributed by atoms with Crippen LogP contribution in [0.5, 0.6) is 11.5 Å². The van der Waals surface area contributed by atoms with E-state index < -0.39 is 0 Å². The molecule has 0 unspecified atom stereocenters. The molecule has 0 N–H and O–H groups in total. The molecule has 0 amide bonds. The van der Waals surface area contributed by atoms with Crippen molar-refractivity contribution in [3.05, 3.63) is 58.1 Å². The molecule has 2 aromatic rings. The normalized spacial score (nSPS) is 13.7. The molecular weight excluding hydrogens is 320 g/mol. The molecule has 2 aromatic carbocycles. The van der Waals surface area contributed by atoms with Gasteiger partial charge in [-0.05, 0) is 30.3 Å². The Bertz CT molecular complexity index is 652. The fraction of sp³-hybridized carbons (Fsp3) is 0.188. The zero-order valence-corrected chi connectivity index (χ0v) is 12.4. The minimum Gasteiger partial charge on any atom is -0.490 e. The summed E-state index contributed by atoms with van der Waals surface area (Å²) in [6.45, 7) is 1.26. The Morgan fingerprint density at radius 1 is 0.950 bits per heavy atom. The van der Waals surface area contributed by atoms with Gasteiger partial charge in [-0.2, -0.15) is 0 Å². The van der Waals surface area contributed by atoms with Gasteiger partial charge in [0.05, 0.1) is 13.2 Å². The van der Waals surface area contributed by atoms with Gasteiger partial charge in [-0.25, -0.2) is 0 Å². The number of fused-ring (bicyclic) bond motifs is 1. The van der Waals surface area contributed by atoms with Gasteiger partial charge in [-0.3, -0.25) is 4.79 Å². The lowest BCUT2D eigenvalue weighted by molar-refractivity contribution is 0.103. The lowest BCUT2D eigenvalue weighted by Gasteiger charge is -2.09. The molecule has 0 aromatic heterocycles. The first kappa shape index (κ1) is 13.2. The van der Waals surface area contributed by atoms with Gasteiger partial charge in [0.1, 0.15) is 0 Å². The summed E-state index contributed by atoms with van der Waals surface area (Å²) < 4.78 is 12.1. The maximum absolute atomic E-state index is 12.5. The molecule has 0 spiro atoms. The number of carbonyl (C=O) groups excluding carboxylic acids is 1. The standard InChI is InChI=1S/C16H13BrO3/c17-13-4-1-3-11(9-13)16(18)12-5-6-14-15(10-12)20-8-2-7-19-14/h1,3-6,9-10H,2,7-8H2. The average Bonchev–Trinajstić information content (AvgIpc) is 2.71. The Balaban J connectivity index is 1.94. The van der Waals surface area contributed by atoms with E-state index in [0.717, 1.165) is 10.9 Å². The van der Waals surface area contributed by atoms with Crippen LogP contribution in [0.4, 0.5) is 0 Å². The second-order valence-corrected chi connectivity index (χ2v) is 5.47. The van der Waals surface area contributed by atoms with E-state index in [1.54, 1.807) is 24.3 Å². The quantitative estimate of drug-likeness (QED) is 0.784. The molecule has 3 nitrogen and oxygen atoms in total. The van der Waals surface area contributed by atoms with Crippen molar-refractivity contribution in [3.8, 4) is 11.5 Å². The van der Waals surface area contributed by atoms with Crippen molar-refractivity contribution >= 4 is 21.7 Å². The van der Waals surface area contributed by atoms with Gasteiger partial charge >= 0.3 is 0 Å². The predicted octanol–water partition coefficient (Wildman–Crippen LogP) is 3.84. The van der Waals surface area contributed by atoms with Crippen molar-refractivity contribution in [2.24, 2.45) is 0 Å². The van der Waals surface area contributed by atoms with E-state index in [-0.39, 0.29) is 5.78 Å². The lowest BCUT2D eigenvalue weighted by Crippen LogP contribution is -2.02. The summed E-state index contributed by atoms with van der Waals surface area (Å²) in [5, 5.41) is 0. The largest absolute Gasteiger partial charge is 0.490 e. The van der Waals surface area contributed by atoms with Crippen molar-refractivity contribution in [2.45, 2.75) is 6.42 Å². The van der Waals surface area contributed by atoms with Crippen molar-refractivity contribution < 1.29 is 14.3 Å². The number of carbonyl (C=O) groups is 1. The van der Waals surface area contributed by atoms with E-state index in [1.807, 2.05) is 18.2 Å². The fourth-order valence-electron chi connectivity index (χ4n) is 2.10. The number of halogens is 1. The molecule has 0 fully saturated rings. The van der Waals surface area contributed by atoms with Crippen LogP contribution in [0.3, 0.4) is 0 Å². The third-order valence-corrected chi connectivity index (χ3v) is 3.59. The van der Waals surface area contributed by atoms with Crippen LogP contribution in [0.1, 0.15) is 22.3 Å². The van der Waals surface area contributed by atoms with Crippen molar-refractivity contribution in [1.82, 2.24) is 0 Å². The van der Waals surface area contributed by atoms with Crippen molar-refractivity contribution in [2.75, 3.05) is 13.2 Å². The predicted molar refractivity (Wildman–Crippen MR) is 79.6 cm³/mol. The molecule has 4 heteroatoms. The minimum atomic E-state index is -0.0260. The first-order valence-corrected chi connectivity index (χ1v) is 7.23. The van der Waals surface area contributed by atoms with Gasteiger partial charge in [0.15, 0.2) is 17.3 Å². The number of ether oxygens (including phenoxy) is 2. The Morgan fingerprint density at radius 3 is 2.50 bits per heavy atom. The molecule has 3 rings (SSSR count). The molecule has 0 atom stereocenters. The van der Waals surface area contributed by atoms with Gasteiger partial charge in [-0.1, -0.05) is 28.1 Å². The monoisotopic (exact) mass is 332 g/mol. The fourth-order valence-corrected chi connectivity index (χ4v) is 2.50. The van der Waals surface area contributed by atoms with Crippen LogP contribution in [-0.4, -0.2) is 19.0 Å². The van der Waals surface area contributed by atoms with Gasteiger partial charge in [0.25, 0.3) is 0 Å². The van der Waals surface area contributed by atoms with Crippen LogP contribution in [-0.2, 0) is 0 Å². The number of hydrogen-bond donors (Lipinski definition) is 0. The summed E-state index contributed by atoms with van der Waals surface area (Å²) in [6, 6.07) is 12.7. The van der Waals surface area contributed by atoms with Crippen LogP contribution in [0.15, 0.2) is 46.9 Å². The minimum absolute atomic E-state index is 0.0260.